The molecule has 6 nitrogen and oxygen atoms in total. The molecule has 0 spiro atoms. The second-order valence-electron chi connectivity index (χ2n) is 8.26. The number of hydrogen-bond acceptors (Lipinski definition) is 4. The summed E-state index contributed by atoms with van der Waals surface area (Å²) in [7, 11) is 2.15. The van der Waals surface area contributed by atoms with E-state index in [9.17, 15) is 9.59 Å². The molecule has 29 heavy (non-hydrogen) atoms. The van der Waals surface area contributed by atoms with Crippen molar-refractivity contribution in [1.82, 2.24) is 4.90 Å². The number of nitrogens with zero attached hydrogens (tertiary/aromatic N) is 3. The van der Waals surface area contributed by atoms with Crippen LogP contribution in [0, 0.1) is 0 Å². The van der Waals surface area contributed by atoms with Crippen LogP contribution in [0.4, 0.5) is 17.1 Å². The number of carbonyl (C=O) groups is 2. The Morgan fingerprint density at radius 3 is 2.45 bits per heavy atom. The maximum Gasteiger partial charge on any atom is 0.255 e. The summed E-state index contributed by atoms with van der Waals surface area (Å²) in [6.07, 6.45) is 2.28. The zero-order valence-corrected chi connectivity index (χ0v) is 16.8. The van der Waals surface area contributed by atoms with Crippen molar-refractivity contribution in [3.8, 4) is 0 Å². The molecule has 3 aliphatic heterocycles. The van der Waals surface area contributed by atoms with E-state index in [0.717, 1.165) is 68.1 Å². The third-order valence-corrected chi connectivity index (χ3v) is 6.26. The molecule has 0 radical (unpaired) electrons. The van der Waals surface area contributed by atoms with Crippen molar-refractivity contribution in [2.45, 2.75) is 19.3 Å². The highest BCUT2D eigenvalue weighted by atomic mass is 16.2. The van der Waals surface area contributed by atoms with Crippen LogP contribution in [0.5, 0.6) is 0 Å². The first-order valence-electron chi connectivity index (χ1n) is 10.4. The van der Waals surface area contributed by atoms with Crippen LogP contribution in [0.15, 0.2) is 36.4 Å². The maximum absolute atomic E-state index is 12.9. The van der Waals surface area contributed by atoms with Gasteiger partial charge in [-0.2, -0.15) is 0 Å². The topological polar surface area (TPSA) is 55.9 Å². The molecule has 2 amide bonds. The predicted octanol–water partition coefficient (Wildman–Crippen LogP) is 2.53. The van der Waals surface area contributed by atoms with E-state index >= 15 is 0 Å². The van der Waals surface area contributed by atoms with Gasteiger partial charge in [0, 0.05) is 49.7 Å². The van der Waals surface area contributed by atoms with Crippen molar-refractivity contribution in [3.63, 3.8) is 0 Å². The van der Waals surface area contributed by atoms with Crippen LogP contribution in [0.25, 0.3) is 0 Å². The lowest BCUT2D eigenvalue weighted by Crippen LogP contribution is -2.44. The summed E-state index contributed by atoms with van der Waals surface area (Å²) < 4.78 is 0. The first-order chi connectivity index (χ1) is 14.1. The van der Waals surface area contributed by atoms with Crippen LogP contribution in [0.3, 0.4) is 0 Å². The van der Waals surface area contributed by atoms with Gasteiger partial charge in [0.1, 0.15) is 0 Å². The van der Waals surface area contributed by atoms with Crippen LogP contribution in [-0.4, -0.2) is 56.5 Å². The van der Waals surface area contributed by atoms with Crippen molar-refractivity contribution < 1.29 is 9.59 Å². The predicted molar refractivity (Wildman–Crippen MR) is 115 cm³/mol. The number of anilines is 3. The zero-order valence-electron chi connectivity index (χ0n) is 16.8. The molecule has 0 unspecified atom stereocenters. The lowest BCUT2D eigenvalue weighted by molar-refractivity contribution is -0.117. The van der Waals surface area contributed by atoms with Crippen molar-refractivity contribution >= 4 is 28.9 Å². The van der Waals surface area contributed by atoms with E-state index in [2.05, 4.69) is 34.3 Å². The fourth-order valence-corrected chi connectivity index (χ4v) is 4.63. The number of amides is 2. The van der Waals surface area contributed by atoms with Crippen molar-refractivity contribution in [2.24, 2.45) is 0 Å². The number of likely N-dealkylation sites (N-methyl/N-ethyl adjacent to an activating group) is 1. The molecule has 0 bridgehead atoms. The number of nitrogens with one attached hydrogen (secondary N) is 1. The first kappa shape index (κ1) is 18.2. The maximum atomic E-state index is 12.9. The van der Waals surface area contributed by atoms with Gasteiger partial charge in [-0.1, -0.05) is 0 Å². The SMILES string of the molecule is CN1CCN(c2ccc(NC(=O)c3cc4c5c(c3)CC(=O)N5CCC4)cc2)CC1. The highest BCUT2D eigenvalue weighted by Gasteiger charge is 2.32. The van der Waals surface area contributed by atoms with E-state index < -0.39 is 0 Å². The smallest absolute Gasteiger partial charge is 0.255 e. The standard InChI is InChI=1S/C23H26N4O2/c1-25-9-11-26(12-10-25)20-6-4-19(5-7-20)24-23(29)18-13-16-3-2-8-27-21(28)15-17(14-18)22(16)27/h4-7,13-14H,2-3,8-12,15H2,1H3,(H,24,29). The van der Waals surface area contributed by atoms with Gasteiger partial charge in [-0.05, 0) is 67.4 Å². The van der Waals surface area contributed by atoms with E-state index in [1.807, 2.05) is 29.2 Å². The molecule has 2 aromatic rings. The van der Waals surface area contributed by atoms with Gasteiger partial charge in [-0.25, -0.2) is 0 Å². The molecule has 0 aliphatic carbocycles. The minimum Gasteiger partial charge on any atom is -0.369 e. The van der Waals surface area contributed by atoms with Gasteiger partial charge >= 0.3 is 0 Å². The number of benzene rings is 2. The minimum absolute atomic E-state index is 0.118. The Morgan fingerprint density at radius 1 is 0.966 bits per heavy atom. The van der Waals surface area contributed by atoms with E-state index in [0.29, 0.717) is 12.0 Å². The normalized spacial score (nSPS) is 18.7. The third-order valence-electron chi connectivity index (χ3n) is 6.26. The molecule has 3 heterocycles. The number of carbonyl (C=O) groups excluding carboxylic acids is 2. The summed E-state index contributed by atoms with van der Waals surface area (Å²) in [6.45, 7) is 4.98. The van der Waals surface area contributed by atoms with Crippen LogP contribution in [0.1, 0.15) is 27.9 Å². The summed E-state index contributed by atoms with van der Waals surface area (Å²) in [5, 5.41) is 3.01. The Balaban J connectivity index is 1.31. The minimum atomic E-state index is -0.118. The highest BCUT2D eigenvalue weighted by molar-refractivity contribution is 6.08. The number of aryl methyl sites for hydroxylation is 1. The molecule has 150 valence electrons. The number of rotatable bonds is 3. The van der Waals surface area contributed by atoms with Crippen molar-refractivity contribution in [2.75, 3.05) is 54.9 Å². The summed E-state index contributed by atoms with van der Waals surface area (Å²) >= 11 is 0. The van der Waals surface area contributed by atoms with Crippen LogP contribution < -0.4 is 15.1 Å². The molecule has 1 fully saturated rings. The lowest BCUT2D eigenvalue weighted by Gasteiger charge is -2.34. The number of hydrogen-bond donors (Lipinski definition) is 1. The monoisotopic (exact) mass is 390 g/mol. The molecule has 6 heteroatoms. The van der Waals surface area contributed by atoms with Crippen LogP contribution in [0.2, 0.25) is 0 Å². The number of piperazine rings is 1. The van der Waals surface area contributed by atoms with Gasteiger partial charge in [-0.15, -0.1) is 0 Å². The summed E-state index contributed by atoms with van der Waals surface area (Å²) in [5.74, 6) is 0.0332. The summed E-state index contributed by atoms with van der Waals surface area (Å²) in [4.78, 5) is 31.7. The Morgan fingerprint density at radius 2 is 1.69 bits per heavy atom. The molecular weight excluding hydrogens is 364 g/mol. The molecule has 1 saturated heterocycles. The van der Waals surface area contributed by atoms with Gasteiger partial charge in [0.2, 0.25) is 5.91 Å². The van der Waals surface area contributed by atoms with Crippen molar-refractivity contribution in [3.05, 3.63) is 53.1 Å². The van der Waals surface area contributed by atoms with Crippen molar-refractivity contribution in [1.29, 1.82) is 0 Å². The van der Waals surface area contributed by atoms with E-state index in [4.69, 9.17) is 0 Å². The lowest BCUT2D eigenvalue weighted by atomic mass is 9.96. The first-order valence-corrected chi connectivity index (χ1v) is 10.4. The third kappa shape index (κ3) is 3.38. The highest BCUT2D eigenvalue weighted by Crippen LogP contribution is 2.37. The molecule has 0 aromatic heterocycles. The van der Waals surface area contributed by atoms with E-state index in [1.54, 1.807) is 0 Å². The molecule has 5 rings (SSSR count). The quantitative estimate of drug-likeness (QED) is 0.875. The molecule has 0 atom stereocenters. The fraction of sp³-hybridized carbons (Fsp3) is 0.391. The van der Waals surface area contributed by atoms with Gasteiger partial charge in [0.15, 0.2) is 0 Å². The molecular formula is C23H26N4O2. The Labute approximate surface area is 171 Å². The molecule has 1 N–H and O–H groups in total. The van der Waals surface area contributed by atoms with Gasteiger partial charge < -0.3 is 20.0 Å². The van der Waals surface area contributed by atoms with Gasteiger partial charge in [-0.3, -0.25) is 9.59 Å². The Kier molecular flexibility index (Phi) is 4.51. The molecule has 3 aliphatic rings. The zero-order chi connectivity index (χ0) is 20.0. The van der Waals surface area contributed by atoms with Gasteiger partial charge in [0.25, 0.3) is 5.91 Å². The average molecular weight is 390 g/mol. The second kappa shape index (κ2) is 7.19. The largest absolute Gasteiger partial charge is 0.369 e. The summed E-state index contributed by atoms with van der Waals surface area (Å²) in [5.41, 5.74) is 5.78. The van der Waals surface area contributed by atoms with Gasteiger partial charge in [0.05, 0.1) is 12.1 Å². The molecule has 0 saturated carbocycles. The van der Waals surface area contributed by atoms with Crippen LogP contribution in [-0.2, 0) is 17.6 Å². The molecule has 2 aromatic carbocycles. The fourth-order valence-electron chi connectivity index (χ4n) is 4.63. The summed E-state index contributed by atoms with van der Waals surface area (Å²) in [6, 6.07) is 11.9. The average Bonchev–Trinajstić information content (AvgIpc) is 3.06. The van der Waals surface area contributed by atoms with E-state index in [1.165, 1.54) is 5.69 Å². The Hall–Kier alpha value is -2.86. The Bertz CT molecular complexity index is 962. The van der Waals surface area contributed by atoms with Crippen LogP contribution >= 0.6 is 0 Å². The second-order valence-corrected chi connectivity index (χ2v) is 8.26. The van der Waals surface area contributed by atoms with E-state index in [-0.39, 0.29) is 11.8 Å².